The summed E-state index contributed by atoms with van der Waals surface area (Å²) in [4.78, 5) is 0. The summed E-state index contributed by atoms with van der Waals surface area (Å²) in [5.41, 5.74) is 2.57. The minimum atomic E-state index is 0.539. The van der Waals surface area contributed by atoms with E-state index in [9.17, 15) is 0 Å². The molecular weight excluding hydrogens is 216 g/mol. The number of aromatic nitrogens is 2. The third kappa shape index (κ3) is 2.10. The van der Waals surface area contributed by atoms with Gasteiger partial charge in [0.05, 0.1) is 0 Å². The van der Waals surface area contributed by atoms with Crippen LogP contribution in [0, 0.1) is 0 Å². The van der Waals surface area contributed by atoms with Gasteiger partial charge in [0, 0.05) is 6.07 Å². The Bertz CT molecular complexity index is 619. The smallest absolute Gasteiger partial charge is 0.138 e. The third-order valence-electron chi connectivity index (χ3n) is 2.47. The number of fused-ring (bicyclic) bond motifs is 1. The Morgan fingerprint density at radius 1 is 0.941 bits per heavy atom. The van der Waals surface area contributed by atoms with Gasteiger partial charge >= 0.3 is 0 Å². The average Bonchev–Trinajstić information content (AvgIpc) is 2.85. The van der Waals surface area contributed by atoms with E-state index in [-0.39, 0.29) is 0 Å². The van der Waals surface area contributed by atoms with E-state index in [1.807, 2.05) is 48.5 Å². The first kappa shape index (κ1) is 9.84. The zero-order chi connectivity index (χ0) is 11.5. The van der Waals surface area contributed by atoms with E-state index in [2.05, 4.69) is 14.9 Å². The molecule has 1 heterocycles. The number of nitrogens with zero attached hydrogens (tertiary/aromatic N) is 2. The van der Waals surface area contributed by atoms with Crippen LogP contribution in [0.15, 0.2) is 53.2 Å². The Kier molecular flexibility index (Phi) is 2.46. The zero-order valence-corrected chi connectivity index (χ0v) is 9.04. The molecule has 4 heteroatoms. The Hall–Kier alpha value is -2.36. The van der Waals surface area contributed by atoms with Gasteiger partial charge in [-0.15, -0.1) is 0 Å². The van der Waals surface area contributed by atoms with Crippen molar-refractivity contribution < 1.29 is 9.37 Å². The first-order valence-corrected chi connectivity index (χ1v) is 5.31. The highest BCUT2D eigenvalue weighted by molar-refractivity contribution is 5.74. The average molecular weight is 226 g/mol. The molecule has 0 fully saturated rings. The summed E-state index contributed by atoms with van der Waals surface area (Å²) in [6.07, 6.45) is 0. The Morgan fingerprint density at radius 3 is 2.65 bits per heavy atom. The first-order chi connectivity index (χ1) is 8.42. The van der Waals surface area contributed by atoms with Gasteiger partial charge < -0.3 is 4.74 Å². The van der Waals surface area contributed by atoms with E-state index in [0.717, 1.165) is 16.8 Å². The van der Waals surface area contributed by atoms with Crippen LogP contribution in [-0.2, 0) is 6.61 Å². The third-order valence-corrected chi connectivity index (χ3v) is 2.47. The van der Waals surface area contributed by atoms with Gasteiger partial charge in [-0.2, -0.15) is 0 Å². The number of hydrogen-bond acceptors (Lipinski definition) is 4. The van der Waals surface area contributed by atoms with Crippen molar-refractivity contribution in [1.29, 1.82) is 0 Å². The summed E-state index contributed by atoms with van der Waals surface area (Å²) in [6, 6.07) is 15.5. The number of benzene rings is 2. The molecule has 0 aliphatic heterocycles. The molecule has 0 saturated carbocycles. The second-order valence-electron chi connectivity index (χ2n) is 3.69. The monoisotopic (exact) mass is 226 g/mol. The fraction of sp³-hybridized carbons (Fsp3) is 0.0769. The lowest BCUT2D eigenvalue weighted by molar-refractivity contribution is 0.306. The molecule has 3 aromatic rings. The van der Waals surface area contributed by atoms with E-state index in [1.54, 1.807) is 0 Å². The predicted molar refractivity (Wildman–Crippen MR) is 62.6 cm³/mol. The predicted octanol–water partition coefficient (Wildman–Crippen LogP) is 2.80. The Balaban J connectivity index is 1.76. The number of rotatable bonds is 3. The lowest BCUT2D eigenvalue weighted by Crippen LogP contribution is -1.94. The topological polar surface area (TPSA) is 48.2 Å². The molecule has 0 N–H and O–H groups in total. The molecule has 0 saturated heterocycles. The van der Waals surface area contributed by atoms with Gasteiger partial charge in [0.1, 0.15) is 23.4 Å². The second kappa shape index (κ2) is 4.25. The standard InChI is InChI=1S/C13H10N2O2/c1-2-4-10(5-3-1)9-16-11-6-7-12-13(8-11)15-17-14-12/h1-8H,9H2. The van der Waals surface area contributed by atoms with Gasteiger partial charge in [0.2, 0.25) is 0 Å². The molecular formula is C13H10N2O2. The molecule has 0 unspecified atom stereocenters. The molecule has 3 rings (SSSR count). The number of hydrogen-bond donors (Lipinski definition) is 0. The van der Waals surface area contributed by atoms with Crippen molar-refractivity contribution in [3.05, 3.63) is 54.1 Å². The van der Waals surface area contributed by atoms with Gasteiger partial charge in [-0.3, -0.25) is 0 Å². The van der Waals surface area contributed by atoms with Crippen LogP contribution in [0.3, 0.4) is 0 Å². The van der Waals surface area contributed by atoms with Crippen molar-refractivity contribution in [2.75, 3.05) is 0 Å². The quantitative estimate of drug-likeness (QED) is 0.689. The van der Waals surface area contributed by atoms with Crippen LogP contribution in [0.5, 0.6) is 5.75 Å². The second-order valence-corrected chi connectivity index (χ2v) is 3.69. The molecule has 84 valence electrons. The van der Waals surface area contributed by atoms with E-state index in [1.165, 1.54) is 0 Å². The van der Waals surface area contributed by atoms with Crippen molar-refractivity contribution in [1.82, 2.24) is 10.3 Å². The van der Waals surface area contributed by atoms with E-state index in [4.69, 9.17) is 4.74 Å². The molecule has 0 aliphatic rings. The molecule has 2 aromatic carbocycles. The molecule has 0 spiro atoms. The fourth-order valence-electron chi connectivity index (χ4n) is 1.59. The van der Waals surface area contributed by atoms with E-state index in [0.29, 0.717) is 12.1 Å². The summed E-state index contributed by atoms with van der Waals surface area (Å²) in [5, 5.41) is 7.50. The van der Waals surface area contributed by atoms with Crippen LogP contribution in [0.4, 0.5) is 0 Å². The summed E-state index contributed by atoms with van der Waals surface area (Å²) >= 11 is 0. The van der Waals surface area contributed by atoms with Crippen molar-refractivity contribution >= 4 is 11.0 Å². The van der Waals surface area contributed by atoms with Gasteiger partial charge in [0.25, 0.3) is 0 Å². The summed E-state index contributed by atoms with van der Waals surface area (Å²) in [6.45, 7) is 0.539. The maximum absolute atomic E-state index is 5.66. The highest BCUT2D eigenvalue weighted by Gasteiger charge is 2.02. The Labute approximate surface area is 97.8 Å². The Morgan fingerprint density at radius 2 is 1.76 bits per heavy atom. The molecule has 0 amide bonds. The van der Waals surface area contributed by atoms with Gasteiger partial charge in [-0.1, -0.05) is 30.3 Å². The van der Waals surface area contributed by atoms with Crippen molar-refractivity contribution in [2.45, 2.75) is 6.61 Å². The molecule has 0 atom stereocenters. The van der Waals surface area contributed by atoms with Crippen LogP contribution in [-0.4, -0.2) is 10.3 Å². The summed E-state index contributed by atoms with van der Waals surface area (Å²) in [5.74, 6) is 0.761. The maximum atomic E-state index is 5.66. The molecule has 17 heavy (non-hydrogen) atoms. The normalized spacial score (nSPS) is 10.6. The molecule has 0 aliphatic carbocycles. The van der Waals surface area contributed by atoms with Gasteiger partial charge in [-0.05, 0) is 28.0 Å². The van der Waals surface area contributed by atoms with Crippen LogP contribution >= 0.6 is 0 Å². The molecule has 1 aromatic heterocycles. The minimum Gasteiger partial charge on any atom is -0.489 e. The van der Waals surface area contributed by atoms with Crippen molar-refractivity contribution in [2.24, 2.45) is 0 Å². The maximum Gasteiger partial charge on any atom is 0.138 e. The van der Waals surface area contributed by atoms with Crippen LogP contribution in [0.25, 0.3) is 11.0 Å². The van der Waals surface area contributed by atoms with Crippen LogP contribution < -0.4 is 4.74 Å². The van der Waals surface area contributed by atoms with Crippen molar-refractivity contribution in [3.63, 3.8) is 0 Å². The highest BCUT2D eigenvalue weighted by atomic mass is 16.6. The molecule has 0 bridgehead atoms. The molecule has 0 radical (unpaired) electrons. The molecule has 4 nitrogen and oxygen atoms in total. The van der Waals surface area contributed by atoms with Gasteiger partial charge in [0.15, 0.2) is 0 Å². The lowest BCUT2D eigenvalue weighted by Gasteiger charge is -2.05. The zero-order valence-electron chi connectivity index (χ0n) is 9.04. The first-order valence-electron chi connectivity index (χ1n) is 5.31. The van der Waals surface area contributed by atoms with Gasteiger partial charge in [-0.25, -0.2) is 4.63 Å². The van der Waals surface area contributed by atoms with Crippen LogP contribution in [0.2, 0.25) is 0 Å². The SMILES string of the molecule is c1ccc(COc2ccc3nonc3c2)cc1. The lowest BCUT2D eigenvalue weighted by atomic mass is 10.2. The summed E-state index contributed by atoms with van der Waals surface area (Å²) in [7, 11) is 0. The van der Waals surface area contributed by atoms with E-state index < -0.39 is 0 Å². The fourth-order valence-corrected chi connectivity index (χ4v) is 1.59. The van der Waals surface area contributed by atoms with E-state index >= 15 is 0 Å². The largest absolute Gasteiger partial charge is 0.489 e. The summed E-state index contributed by atoms with van der Waals surface area (Å²) < 4.78 is 10.3. The number of ether oxygens (including phenoxy) is 1. The van der Waals surface area contributed by atoms with Crippen molar-refractivity contribution in [3.8, 4) is 5.75 Å². The minimum absolute atomic E-state index is 0.539. The van der Waals surface area contributed by atoms with Crippen LogP contribution in [0.1, 0.15) is 5.56 Å². The highest BCUT2D eigenvalue weighted by Crippen LogP contribution is 2.18.